The second-order valence-electron chi connectivity index (χ2n) is 9.53. The molecule has 0 unspecified atom stereocenters. The van der Waals surface area contributed by atoms with E-state index in [9.17, 15) is 0 Å². The summed E-state index contributed by atoms with van der Waals surface area (Å²) in [4.78, 5) is 0. The first-order valence-corrected chi connectivity index (χ1v) is 13.4. The lowest BCUT2D eigenvalue weighted by molar-refractivity contribution is 0.269. The third kappa shape index (κ3) is 3.65. The summed E-state index contributed by atoms with van der Waals surface area (Å²) in [6.45, 7) is 4.53. The molecule has 0 radical (unpaired) electrons. The van der Waals surface area contributed by atoms with E-state index in [4.69, 9.17) is 0 Å². The SMILES string of the molecule is Cc1ccccc1-c1cccc(-c2ccccc2C)c1P1CCC2(CCCC2)CC1. The van der Waals surface area contributed by atoms with Gasteiger partial charge in [-0.25, -0.2) is 0 Å². The predicted molar refractivity (Wildman–Crippen MR) is 133 cm³/mol. The smallest absolute Gasteiger partial charge is 0.00839 e. The molecule has 1 saturated heterocycles. The first-order valence-electron chi connectivity index (χ1n) is 11.7. The molecule has 0 amide bonds. The van der Waals surface area contributed by atoms with E-state index in [0.717, 1.165) is 0 Å². The minimum Gasteiger partial charge on any atom is -0.0739 e. The molecular formula is C29H33P. The molecule has 0 aromatic heterocycles. The molecule has 2 fully saturated rings. The summed E-state index contributed by atoms with van der Waals surface area (Å²) in [5, 5.41) is 1.67. The molecule has 0 N–H and O–H groups in total. The number of hydrogen-bond acceptors (Lipinski definition) is 0. The first-order chi connectivity index (χ1) is 14.7. The van der Waals surface area contributed by atoms with Gasteiger partial charge >= 0.3 is 0 Å². The number of benzene rings is 3. The van der Waals surface area contributed by atoms with Crippen molar-refractivity contribution in [1.82, 2.24) is 0 Å². The number of rotatable bonds is 3. The third-order valence-electron chi connectivity index (χ3n) is 7.71. The maximum absolute atomic E-state index is 2.39. The van der Waals surface area contributed by atoms with Crippen LogP contribution >= 0.6 is 7.92 Å². The highest BCUT2D eigenvalue weighted by molar-refractivity contribution is 7.66. The van der Waals surface area contributed by atoms with Crippen molar-refractivity contribution in [2.45, 2.75) is 52.4 Å². The molecule has 1 heterocycles. The lowest BCUT2D eigenvalue weighted by Gasteiger charge is -2.39. The Morgan fingerprint density at radius 1 is 0.567 bits per heavy atom. The van der Waals surface area contributed by atoms with Crippen LogP contribution in [0.25, 0.3) is 22.3 Å². The van der Waals surface area contributed by atoms with Gasteiger partial charge in [0.05, 0.1) is 0 Å². The van der Waals surface area contributed by atoms with Crippen molar-refractivity contribution in [3.8, 4) is 22.3 Å². The van der Waals surface area contributed by atoms with E-state index in [1.54, 1.807) is 5.30 Å². The molecule has 30 heavy (non-hydrogen) atoms. The summed E-state index contributed by atoms with van der Waals surface area (Å²) in [6, 6.07) is 25.0. The Labute approximate surface area is 183 Å². The van der Waals surface area contributed by atoms with Gasteiger partial charge in [-0.2, -0.15) is 0 Å². The molecule has 0 nitrogen and oxygen atoms in total. The van der Waals surface area contributed by atoms with Gasteiger partial charge < -0.3 is 0 Å². The second-order valence-corrected chi connectivity index (χ2v) is 11.9. The number of aryl methyl sites for hydroxylation is 2. The van der Waals surface area contributed by atoms with Gasteiger partial charge in [0.25, 0.3) is 0 Å². The van der Waals surface area contributed by atoms with Crippen LogP contribution in [0, 0.1) is 19.3 Å². The highest BCUT2D eigenvalue weighted by atomic mass is 31.1. The number of hydrogen-bond donors (Lipinski definition) is 0. The molecule has 154 valence electrons. The summed E-state index contributed by atoms with van der Waals surface area (Å²) < 4.78 is 0. The molecule has 0 bridgehead atoms. The molecule has 0 atom stereocenters. The largest absolute Gasteiger partial charge is 0.0739 e. The van der Waals surface area contributed by atoms with Gasteiger partial charge in [0, 0.05) is 0 Å². The Balaban J connectivity index is 1.63. The molecule has 1 saturated carbocycles. The Bertz CT molecular complexity index is 968. The van der Waals surface area contributed by atoms with Crippen LogP contribution in [0.2, 0.25) is 0 Å². The zero-order chi connectivity index (χ0) is 20.6. The Hall–Kier alpha value is -1.91. The quantitative estimate of drug-likeness (QED) is 0.381. The van der Waals surface area contributed by atoms with Gasteiger partial charge in [-0.1, -0.05) is 87.5 Å². The van der Waals surface area contributed by atoms with Crippen LogP contribution in [0.5, 0.6) is 0 Å². The van der Waals surface area contributed by atoms with Crippen LogP contribution in [0.4, 0.5) is 0 Å². The van der Waals surface area contributed by atoms with Crippen LogP contribution in [-0.4, -0.2) is 12.3 Å². The van der Waals surface area contributed by atoms with Crippen LogP contribution in [-0.2, 0) is 0 Å². The highest BCUT2D eigenvalue weighted by Crippen LogP contribution is 2.56. The van der Waals surface area contributed by atoms with Gasteiger partial charge in [-0.15, -0.1) is 0 Å². The van der Waals surface area contributed by atoms with Crippen molar-refractivity contribution in [1.29, 1.82) is 0 Å². The molecule has 1 heteroatoms. The van der Waals surface area contributed by atoms with Crippen LogP contribution in [0.3, 0.4) is 0 Å². The van der Waals surface area contributed by atoms with Crippen molar-refractivity contribution in [2.24, 2.45) is 5.41 Å². The average Bonchev–Trinajstić information content (AvgIpc) is 3.23. The minimum atomic E-state index is -0.123. The van der Waals surface area contributed by atoms with Gasteiger partial charge in [0.15, 0.2) is 0 Å². The van der Waals surface area contributed by atoms with Gasteiger partial charge in [-0.3, -0.25) is 0 Å². The van der Waals surface area contributed by atoms with Gasteiger partial charge in [0.2, 0.25) is 0 Å². The van der Waals surface area contributed by atoms with Gasteiger partial charge in [0.1, 0.15) is 0 Å². The summed E-state index contributed by atoms with van der Waals surface area (Å²) in [7, 11) is -0.123. The van der Waals surface area contributed by atoms with Crippen molar-refractivity contribution in [3.05, 3.63) is 77.9 Å². The fraction of sp³-hybridized carbons (Fsp3) is 0.379. The van der Waals surface area contributed by atoms with Crippen molar-refractivity contribution < 1.29 is 0 Å². The van der Waals surface area contributed by atoms with E-state index in [1.165, 1.54) is 84.2 Å². The maximum Gasteiger partial charge on any atom is -0.00839 e. The van der Waals surface area contributed by atoms with E-state index in [-0.39, 0.29) is 7.92 Å². The third-order valence-corrected chi connectivity index (χ3v) is 10.4. The molecule has 1 aliphatic heterocycles. The van der Waals surface area contributed by atoms with E-state index in [2.05, 4.69) is 80.6 Å². The van der Waals surface area contributed by atoms with Crippen LogP contribution < -0.4 is 5.30 Å². The molecule has 5 rings (SSSR count). The summed E-state index contributed by atoms with van der Waals surface area (Å²) >= 11 is 0. The summed E-state index contributed by atoms with van der Waals surface area (Å²) in [5.41, 5.74) is 9.29. The van der Waals surface area contributed by atoms with Crippen LogP contribution in [0.1, 0.15) is 49.7 Å². The van der Waals surface area contributed by atoms with E-state index in [0.29, 0.717) is 5.41 Å². The molecular weight excluding hydrogens is 379 g/mol. The van der Waals surface area contributed by atoms with Gasteiger partial charge in [-0.05, 0) is 96.0 Å². The summed E-state index contributed by atoms with van der Waals surface area (Å²) in [5.74, 6) is 0. The molecule has 3 aromatic rings. The monoisotopic (exact) mass is 412 g/mol. The van der Waals surface area contributed by atoms with Crippen molar-refractivity contribution in [3.63, 3.8) is 0 Å². The minimum absolute atomic E-state index is 0.123. The van der Waals surface area contributed by atoms with Crippen molar-refractivity contribution in [2.75, 3.05) is 12.3 Å². The zero-order valence-electron chi connectivity index (χ0n) is 18.5. The van der Waals surface area contributed by atoms with Crippen molar-refractivity contribution >= 4 is 13.2 Å². The molecule has 2 aliphatic rings. The molecule has 1 spiro atoms. The topological polar surface area (TPSA) is 0 Å². The fourth-order valence-corrected chi connectivity index (χ4v) is 9.13. The lowest BCUT2D eigenvalue weighted by atomic mass is 9.80. The van der Waals surface area contributed by atoms with E-state index < -0.39 is 0 Å². The van der Waals surface area contributed by atoms with Crippen LogP contribution in [0.15, 0.2) is 66.7 Å². The average molecular weight is 413 g/mol. The fourth-order valence-electron chi connectivity index (χ4n) is 5.90. The first kappa shape index (κ1) is 20.0. The molecule has 1 aliphatic carbocycles. The summed E-state index contributed by atoms with van der Waals surface area (Å²) in [6.07, 6.45) is 11.6. The van der Waals surface area contributed by atoms with E-state index in [1.807, 2.05) is 0 Å². The maximum atomic E-state index is 2.39. The second kappa shape index (κ2) is 8.32. The highest BCUT2D eigenvalue weighted by Gasteiger charge is 2.38. The normalized spacial score (nSPS) is 18.7. The predicted octanol–water partition coefficient (Wildman–Crippen LogP) is 8.10. The standard InChI is InChI=1S/C29H33P/c1-22-10-3-5-12-24(22)26-14-9-15-27(25-13-6-4-11-23(25)2)28(26)30-20-18-29(19-21-30)16-7-8-17-29/h3-6,9-15H,7-8,16-21H2,1-2H3. The van der Waals surface area contributed by atoms with E-state index >= 15 is 0 Å². The Morgan fingerprint density at radius 2 is 1.03 bits per heavy atom. The molecule has 3 aromatic carbocycles. The lowest BCUT2D eigenvalue weighted by Crippen LogP contribution is -2.27. The Kier molecular flexibility index (Phi) is 5.55. The zero-order valence-corrected chi connectivity index (χ0v) is 19.3. The Morgan fingerprint density at radius 3 is 1.53 bits per heavy atom.